The molecule has 0 bridgehead atoms. The van der Waals surface area contributed by atoms with E-state index in [1.54, 1.807) is 12.2 Å². The Kier molecular flexibility index (Phi) is 5.48. The van der Waals surface area contributed by atoms with E-state index in [-0.39, 0.29) is 29.2 Å². The van der Waals surface area contributed by atoms with Crippen LogP contribution in [0.1, 0.15) is 12.8 Å². The van der Waals surface area contributed by atoms with Crippen LogP contribution in [0.4, 0.5) is 5.69 Å². The summed E-state index contributed by atoms with van der Waals surface area (Å²) in [6.07, 6.45) is 3.95. The van der Waals surface area contributed by atoms with E-state index < -0.39 is 33.7 Å². The van der Waals surface area contributed by atoms with Gasteiger partial charge in [0.1, 0.15) is 5.75 Å². The summed E-state index contributed by atoms with van der Waals surface area (Å²) in [5.74, 6) is -3.61. The SMILES string of the molecule is CN(C)S(=O)(=O)c1ccc(O)c(NC(=O)C2CC=CCC2C(=O)O)c1. The Morgan fingerprint density at radius 3 is 2.32 bits per heavy atom. The van der Waals surface area contributed by atoms with Gasteiger partial charge in [-0.2, -0.15) is 0 Å². The molecule has 0 aliphatic heterocycles. The number of allylic oxidation sites excluding steroid dienone is 2. The lowest BCUT2D eigenvalue weighted by atomic mass is 9.82. The van der Waals surface area contributed by atoms with Gasteiger partial charge in [0.2, 0.25) is 15.9 Å². The van der Waals surface area contributed by atoms with Gasteiger partial charge in [0.25, 0.3) is 0 Å². The molecule has 2 unspecified atom stereocenters. The number of phenolic OH excluding ortho intramolecular Hbond substituents is 1. The number of amides is 1. The Bertz CT molecular complexity index is 816. The van der Waals surface area contributed by atoms with Gasteiger partial charge in [0, 0.05) is 14.1 Å². The van der Waals surface area contributed by atoms with E-state index in [2.05, 4.69) is 5.32 Å². The molecule has 0 spiro atoms. The first-order chi connectivity index (χ1) is 11.6. The first-order valence-corrected chi connectivity index (χ1v) is 9.03. The third-order valence-electron chi connectivity index (χ3n) is 4.09. The number of carbonyl (C=O) groups excluding carboxylic acids is 1. The largest absolute Gasteiger partial charge is 0.506 e. The molecule has 1 amide bonds. The highest BCUT2D eigenvalue weighted by Crippen LogP contribution is 2.31. The molecule has 2 atom stereocenters. The molecular formula is C16H20N2O6S. The number of nitrogens with one attached hydrogen (secondary N) is 1. The molecule has 1 aliphatic rings. The minimum absolute atomic E-state index is 0.0772. The highest BCUT2D eigenvalue weighted by molar-refractivity contribution is 7.89. The predicted molar refractivity (Wildman–Crippen MR) is 90.6 cm³/mol. The van der Waals surface area contributed by atoms with Crippen molar-refractivity contribution in [2.75, 3.05) is 19.4 Å². The van der Waals surface area contributed by atoms with Crippen LogP contribution in [0.3, 0.4) is 0 Å². The van der Waals surface area contributed by atoms with Gasteiger partial charge in [0.15, 0.2) is 0 Å². The number of carboxylic acid groups (broad SMARTS) is 1. The van der Waals surface area contributed by atoms with E-state index in [1.165, 1.54) is 26.2 Å². The maximum absolute atomic E-state index is 12.5. The van der Waals surface area contributed by atoms with Gasteiger partial charge in [-0.15, -0.1) is 0 Å². The Labute approximate surface area is 145 Å². The molecule has 1 aromatic rings. The topological polar surface area (TPSA) is 124 Å². The number of carboxylic acids is 1. The molecule has 0 aromatic heterocycles. The van der Waals surface area contributed by atoms with Crippen LogP contribution in [0, 0.1) is 11.8 Å². The summed E-state index contributed by atoms with van der Waals surface area (Å²) in [6.45, 7) is 0. The Hall–Kier alpha value is -2.39. The van der Waals surface area contributed by atoms with Crippen LogP contribution in [0.2, 0.25) is 0 Å². The molecule has 1 aliphatic carbocycles. The molecule has 0 saturated heterocycles. The van der Waals surface area contributed by atoms with E-state index in [9.17, 15) is 28.2 Å². The second-order valence-electron chi connectivity index (χ2n) is 5.95. The first kappa shape index (κ1) is 18.9. The van der Waals surface area contributed by atoms with Crippen molar-refractivity contribution in [1.82, 2.24) is 4.31 Å². The zero-order valence-corrected chi connectivity index (χ0v) is 14.7. The van der Waals surface area contributed by atoms with Gasteiger partial charge in [0.05, 0.1) is 22.4 Å². The third kappa shape index (κ3) is 3.99. The highest BCUT2D eigenvalue weighted by Gasteiger charge is 2.34. The maximum atomic E-state index is 12.5. The lowest BCUT2D eigenvalue weighted by molar-refractivity contribution is -0.146. The number of hydrogen-bond acceptors (Lipinski definition) is 5. The summed E-state index contributed by atoms with van der Waals surface area (Å²) in [7, 11) is -1.00. The van der Waals surface area contributed by atoms with Crippen molar-refractivity contribution < 1.29 is 28.2 Å². The van der Waals surface area contributed by atoms with Crippen LogP contribution in [0.25, 0.3) is 0 Å². The average Bonchev–Trinajstić information content (AvgIpc) is 2.56. The quantitative estimate of drug-likeness (QED) is 0.531. The minimum atomic E-state index is -3.74. The molecule has 0 saturated carbocycles. The van der Waals surface area contributed by atoms with E-state index >= 15 is 0 Å². The maximum Gasteiger partial charge on any atom is 0.307 e. The molecule has 25 heavy (non-hydrogen) atoms. The fourth-order valence-corrected chi connectivity index (χ4v) is 3.52. The van der Waals surface area contributed by atoms with Crippen molar-refractivity contribution in [1.29, 1.82) is 0 Å². The second kappa shape index (κ2) is 7.24. The van der Waals surface area contributed by atoms with Crippen molar-refractivity contribution in [3.05, 3.63) is 30.4 Å². The monoisotopic (exact) mass is 368 g/mol. The number of phenols is 1. The molecule has 3 N–H and O–H groups in total. The number of sulfonamides is 1. The predicted octanol–water partition coefficient (Wildman–Crippen LogP) is 1.25. The minimum Gasteiger partial charge on any atom is -0.506 e. The summed E-state index contributed by atoms with van der Waals surface area (Å²) < 4.78 is 25.3. The molecule has 0 fully saturated rings. The average molecular weight is 368 g/mol. The van der Waals surface area contributed by atoms with Crippen molar-refractivity contribution >= 4 is 27.6 Å². The summed E-state index contributed by atoms with van der Waals surface area (Å²) >= 11 is 0. The van der Waals surface area contributed by atoms with Crippen LogP contribution in [0.15, 0.2) is 35.2 Å². The van der Waals surface area contributed by atoms with E-state index in [1.807, 2.05) is 0 Å². The molecule has 9 heteroatoms. The smallest absolute Gasteiger partial charge is 0.307 e. The number of carbonyl (C=O) groups is 2. The first-order valence-electron chi connectivity index (χ1n) is 7.58. The van der Waals surface area contributed by atoms with E-state index in [4.69, 9.17) is 0 Å². The third-order valence-corrected chi connectivity index (χ3v) is 5.90. The lowest BCUT2D eigenvalue weighted by Gasteiger charge is -2.24. The number of nitrogens with zero attached hydrogens (tertiary/aromatic N) is 1. The zero-order valence-electron chi connectivity index (χ0n) is 13.8. The molecule has 1 aromatic carbocycles. The van der Waals surface area contributed by atoms with Crippen molar-refractivity contribution in [2.24, 2.45) is 11.8 Å². The van der Waals surface area contributed by atoms with Crippen molar-refractivity contribution in [3.63, 3.8) is 0 Å². The number of hydrogen-bond donors (Lipinski definition) is 3. The second-order valence-corrected chi connectivity index (χ2v) is 8.10. The zero-order chi connectivity index (χ0) is 18.8. The number of rotatable bonds is 5. The number of aliphatic carboxylic acids is 1. The molecule has 2 rings (SSSR count). The van der Waals surface area contributed by atoms with Gasteiger partial charge in [-0.3, -0.25) is 9.59 Å². The van der Waals surface area contributed by atoms with E-state index in [0.717, 1.165) is 10.4 Å². The van der Waals surface area contributed by atoms with Gasteiger partial charge in [-0.05, 0) is 31.0 Å². The van der Waals surface area contributed by atoms with E-state index in [0.29, 0.717) is 0 Å². The molecule has 136 valence electrons. The van der Waals surface area contributed by atoms with Crippen LogP contribution < -0.4 is 5.32 Å². The molecular weight excluding hydrogens is 348 g/mol. The standard InChI is InChI=1S/C16H20N2O6S/c1-18(2)25(23,24)10-7-8-14(19)13(9-10)17-15(20)11-5-3-4-6-12(11)16(21)22/h3-4,7-9,11-12,19H,5-6H2,1-2H3,(H,17,20)(H,21,22). The summed E-state index contributed by atoms with van der Waals surface area (Å²) in [5, 5.41) is 21.6. The summed E-state index contributed by atoms with van der Waals surface area (Å²) in [4.78, 5) is 23.7. The molecule has 0 radical (unpaired) electrons. The van der Waals surface area contributed by atoms with Crippen molar-refractivity contribution in [3.8, 4) is 5.75 Å². The van der Waals surface area contributed by atoms with Crippen molar-refractivity contribution in [2.45, 2.75) is 17.7 Å². The fourth-order valence-electron chi connectivity index (χ4n) is 2.59. The highest BCUT2D eigenvalue weighted by atomic mass is 32.2. The van der Waals surface area contributed by atoms with Crippen LogP contribution >= 0.6 is 0 Å². The van der Waals surface area contributed by atoms with Crippen LogP contribution in [-0.2, 0) is 19.6 Å². The summed E-state index contributed by atoms with van der Waals surface area (Å²) in [6, 6.07) is 3.54. The molecule has 8 nitrogen and oxygen atoms in total. The normalized spacial score (nSPS) is 20.4. The number of anilines is 1. The van der Waals surface area contributed by atoms with Gasteiger partial charge in [-0.25, -0.2) is 12.7 Å². The van der Waals surface area contributed by atoms with Crippen LogP contribution in [-0.4, -0.2) is 48.9 Å². The number of aromatic hydroxyl groups is 1. The summed E-state index contributed by atoms with van der Waals surface area (Å²) in [5.41, 5.74) is -0.0772. The van der Waals surface area contributed by atoms with Gasteiger partial charge < -0.3 is 15.5 Å². The van der Waals surface area contributed by atoms with Gasteiger partial charge >= 0.3 is 5.97 Å². The fraction of sp³-hybridized carbons (Fsp3) is 0.375. The number of benzene rings is 1. The Balaban J connectivity index is 2.29. The Morgan fingerprint density at radius 2 is 1.76 bits per heavy atom. The Morgan fingerprint density at radius 1 is 1.16 bits per heavy atom. The van der Waals surface area contributed by atoms with Gasteiger partial charge in [-0.1, -0.05) is 12.2 Å². The van der Waals surface area contributed by atoms with Crippen LogP contribution in [0.5, 0.6) is 5.75 Å². The lowest BCUT2D eigenvalue weighted by Crippen LogP contribution is -2.34. The molecule has 0 heterocycles.